The maximum Gasteiger partial charge on any atom is 0.425 e. The average molecular weight is 490 g/mol. The van der Waals surface area contributed by atoms with Gasteiger partial charge >= 0.3 is 6.09 Å². The minimum absolute atomic E-state index is 0.176. The summed E-state index contributed by atoms with van der Waals surface area (Å²) < 4.78 is 4.60. The molecule has 0 bridgehead atoms. The fraction of sp³-hybridized carbons (Fsp3) is 0.0800. The Balaban J connectivity index is 1.91. The quantitative estimate of drug-likeness (QED) is 0.206. The second-order valence-corrected chi connectivity index (χ2v) is 7.51. The number of aromatic nitrogens is 1. The topological polar surface area (TPSA) is 80.3 Å². The van der Waals surface area contributed by atoms with E-state index >= 15 is 0 Å². The van der Waals surface area contributed by atoms with Crippen LogP contribution in [-0.4, -0.2) is 24.0 Å². The molecule has 0 aliphatic carbocycles. The van der Waals surface area contributed by atoms with Crippen LogP contribution in [0.25, 0.3) is 22.2 Å². The number of halogens is 1. The van der Waals surface area contributed by atoms with Gasteiger partial charge in [0.25, 0.3) is 0 Å². The summed E-state index contributed by atoms with van der Waals surface area (Å²) in [6.45, 7) is 0. The zero-order valence-electron chi connectivity index (χ0n) is 17.3. The van der Waals surface area contributed by atoms with E-state index < -0.39 is 6.09 Å². The molecule has 6 nitrogen and oxygen atoms in total. The molecule has 32 heavy (non-hydrogen) atoms. The fourth-order valence-electron chi connectivity index (χ4n) is 3.57. The van der Waals surface area contributed by atoms with Gasteiger partial charge in [-0.25, -0.2) is 15.2 Å². The number of carbonyl (C=O) groups is 2. The number of anilines is 1. The van der Waals surface area contributed by atoms with Gasteiger partial charge in [0.2, 0.25) is 0 Å². The van der Waals surface area contributed by atoms with Crippen LogP contribution in [0.1, 0.15) is 21.5 Å². The van der Waals surface area contributed by atoms with Gasteiger partial charge < -0.3 is 4.74 Å². The summed E-state index contributed by atoms with van der Waals surface area (Å²) in [5.74, 6) is -0.176. The zero-order chi connectivity index (χ0) is 22.5. The highest BCUT2D eigenvalue weighted by Crippen LogP contribution is 2.34. The molecule has 160 valence electrons. The number of nitrogens with zero attached hydrogens (tertiary/aromatic N) is 1. The summed E-state index contributed by atoms with van der Waals surface area (Å²) in [7, 11) is 1.27. The Bertz CT molecular complexity index is 1290. The van der Waals surface area contributed by atoms with E-state index in [1.807, 2.05) is 54.6 Å². The van der Waals surface area contributed by atoms with Crippen LogP contribution in [-0.2, 0) is 10.1 Å². The van der Waals surface area contributed by atoms with Gasteiger partial charge in [0.15, 0.2) is 5.78 Å². The second-order valence-electron chi connectivity index (χ2n) is 6.95. The van der Waals surface area contributed by atoms with E-state index in [9.17, 15) is 9.59 Å². The number of ketones is 1. The summed E-state index contributed by atoms with van der Waals surface area (Å²) in [5, 5.41) is 1.22. The molecule has 7 heteroatoms. The van der Waals surface area contributed by atoms with Crippen molar-refractivity contribution in [3.05, 3.63) is 95.6 Å². The summed E-state index contributed by atoms with van der Waals surface area (Å²) >= 11 is 3.58. The van der Waals surface area contributed by atoms with Crippen molar-refractivity contribution >= 4 is 44.4 Å². The molecule has 0 saturated carbocycles. The summed E-state index contributed by atoms with van der Waals surface area (Å²) in [6, 6.07) is 24.4. The number of benzene rings is 3. The van der Waals surface area contributed by atoms with Crippen molar-refractivity contribution in [1.82, 2.24) is 10.4 Å². The molecule has 1 amide bonds. The third-order valence-corrected chi connectivity index (χ3v) is 5.62. The number of nitrogens with one attached hydrogen (secondary N) is 2. The Kier molecular flexibility index (Phi) is 6.47. The number of amides is 1. The van der Waals surface area contributed by atoms with Crippen LogP contribution >= 0.6 is 15.9 Å². The van der Waals surface area contributed by atoms with E-state index in [0.717, 1.165) is 27.7 Å². The van der Waals surface area contributed by atoms with E-state index in [-0.39, 0.29) is 5.78 Å². The number of para-hydroxylation sites is 2. The van der Waals surface area contributed by atoms with Crippen molar-refractivity contribution in [3.63, 3.8) is 0 Å². The maximum atomic E-state index is 13.9. The molecule has 2 N–H and O–H groups in total. The largest absolute Gasteiger partial charge is 0.452 e. The second kappa shape index (κ2) is 9.62. The predicted molar refractivity (Wildman–Crippen MR) is 129 cm³/mol. The lowest BCUT2D eigenvalue weighted by atomic mass is 9.91. The lowest BCUT2D eigenvalue weighted by Gasteiger charge is -2.17. The van der Waals surface area contributed by atoms with E-state index in [1.165, 1.54) is 7.11 Å². The Labute approximate surface area is 193 Å². The van der Waals surface area contributed by atoms with Crippen LogP contribution in [0.5, 0.6) is 0 Å². The number of alkyl halides is 1. The minimum atomic E-state index is -0.658. The Morgan fingerprint density at radius 3 is 2.38 bits per heavy atom. The monoisotopic (exact) mass is 489 g/mol. The van der Waals surface area contributed by atoms with Crippen molar-refractivity contribution in [1.29, 1.82) is 0 Å². The lowest BCUT2D eigenvalue weighted by molar-refractivity contribution is 0.104. The first-order chi connectivity index (χ1) is 15.6. The van der Waals surface area contributed by atoms with Crippen LogP contribution in [0.2, 0.25) is 0 Å². The molecule has 0 aliphatic rings. The number of hydrogen-bond donors (Lipinski definition) is 2. The molecule has 0 unspecified atom stereocenters. The molecule has 3 aromatic carbocycles. The van der Waals surface area contributed by atoms with Crippen LogP contribution in [0.4, 0.5) is 10.5 Å². The zero-order valence-corrected chi connectivity index (χ0v) is 18.8. The van der Waals surface area contributed by atoms with E-state index in [1.54, 1.807) is 24.3 Å². The Morgan fingerprint density at radius 2 is 1.62 bits per heavy atom. The standard InChI is InChI=1S/C25H20BrN3O3/c1-32-25(31)29-28-21-14-8-6-12-18(21)24(30)22-17-11-5-7-13-20(17)27-23(19(22)15-26)16-9-3-2-4-10-16/h2-14,28H,15H2,1H3,(H,29,31). The van der Waals surface area contributed by atoms with E-state index in [4.69, 9.17) is 4.98 Å². The number of ether oxygens (including phenoxy) is 1. The number of fused-ring (bicyclic) bond motifs is 1. The number of pyridine rings is 1. The normalized spacial score (nSPS) is 10.6. The first kappa shape index (κ1) is 21.5. The molecular weight excluding hydrogens is 470 g/mol. The molecule has 4 rings (SSSR count). The summed E-state index contributed by atoms with van der Waals surface area (Å²) in [5.41, 5.74) is 9.86. The van der Waals surface area contributed by atoms with Gasteiger partial charge in [-0.05, 0) is 18.2 Å². The molecule has 4 aromatic rings. The molecule has 0 spiro atoms. The number of carbonyl (C=O) groups excluding carboxylic acids is 2. The molecule has 0 radical (unpaired) electrons. The van der Waals surface area contributed by atoms with Crippen molar-refractivity contribution < 1.29 is 14.3 Å². The molecule has 0 aliphatic heterocycles. The number of rotatable bonds is 6. The average Bonchev–Trinajstić information content (AvgIpc) is 2.86. The van der Waals surface area contributed by atoms with Gasteiger partial charge in [-0.15, -0.1) is 0 Å². The van der Waals surface area contributed by atoms with Crippen molar-refractivity contribution in [2.45, 2.75) is 5.33 Å². The first-order valence-electron chi connectivity index (χ1n) is 9.90. The fourth-order valence-corrected chi connectivity index (χ4v) is 4.12. The first-order valence-corrected chi connectivity index (χ1v) is 11.0. The third-order valence-electron chi connectivity index (χ3n) is 5.06. The van der Waals surface area contributed by atoms with E-state index in [0.29, 0.717) is 22.1 Å². The smallest absolute Gasteiger partial charge is 0.425 e. The highest BCUT2D eigenvalue weighted by Gasteiger charge is 2.23. The van der Waals surface area contributed by atoms with Crippen molar-refractivity contribution in [3.8, 4) is 11.3 Å². The van der Waals surface area contributed by atoms with Gasteiger partial charge in [0.05, 0.1) is 24.0 Å². The van der Waals surface area contributed by atoms with Crippen LogP contribution in [0.15, 0.2) is 78.9 Å². The summed E-state index contributed by atoms with van der Waals surface area (Å²) in [4.78, 5) is 30.3. The van der Waals surface area contributed by atoms with Crippen LogP contribution in [0.3, 0.4) is 0 Å². The van der Waals surface area contributed by atoms with Gasteiger partial charge in [0, 0.05) is 33.0 Å². The van der Waals surface area contributed by atoms with Gasteiger partial charge in [-0.1, -0.05) is 76.6 Å². The van der Waals surface area contributed by atoms with E-state index in [2.05, 4.69) is 31.5 Å². The van der Waals surface area contributed by atoms with Gasteiger partial charge in [-0.2, -0.15) is 0 Å². The van der Waals surface area contributed by atoms with Crippen LogP contribution < -0.4 is 10.9 Å². The molecule has 1 heterocycles. The Hall–Kier alpha value is -3.71. The SMILES string of the molecule is COC(=O)NNc1ccccc1C(=O)c1c(CBr)c(-c2ccccc2)nc2ccccc12. The number of hydrogen-bond acceptors (Lipinski definition) is 5. The highest BCUT2D eigenvalue weighted by molar-refractivity contribution is 9.08. The lowest BCUT2D eigenvalue weighted by Crippen LogP contribution is -2.30. The third kappa shape index (κ3) is 4.20. The molecular formula is C25H20BrN3O3. The van der Waals surface area contributed by atoms with Gasteiger partial charge in [-0.3, -0.25) is 10.2 Å². The maximum absolute atomic E-state index is 13.9. The number of hydrazine groups is 1. The van der Waals surface area contributed by atoms with Crippen molar-refractivity contribution in [2.24, 2.45) is 0 Å². The molecule has 0 fully saturated rings. The van der Waals surface area contributed by atoms with Crippen molar-refractivity contribution in [2.75, 3.05) is 12.5 Å². The Morgan fingerprint density at radius 1 is 0.938 bits per heavy atom. The molecule has 0 saturated heterocycles. The van der Waals surface area contributed by atoms with Crippen LogP contribution in [0, 0.1) is 0 Å². The van der Waals surface area contributed by atoms with Gasteiger partial charge in [0.1, 0.15) is 0 Å². The molecule has 0 atom stereocenters. The minimum Gasteiger partial charge on any atom is -0.452 e. The summed E-state index contributed by atoms with van der Waals surface area (Å²) in [6.07, 6.45) is -0.658. The molecule has 1 aromatic heterocycles. The predicted octanol–water partition coefficient (Wildman–Crippen LogP) is 5.71. The number of methoxy groups -OCH3 is 1. The highest BCUT2D eigenvalue weighted by atomic mass is 79.9.